The molecule has 0 radical (unpaired) electrons. The molecule has 3 aromatic carbocycles. The van der Waals surface area contributed by atoms with Gasteiger partial charge in [-0.05, 0) is 91.5 Å². The molecular formula is C25H24ClFO. The molecule has 0 bridgehead atoms. The Kier molecular flexibility index (Phi) is 5.97. The standard InChI is InChI=1S/C25H24ClFO/c26-21-14-12-20(13-15-21)23(19-10-11-19)8-4-5-18-9-16-24(27)25(17-18)28-22-6-2-1-3-7-22/h1-3,6-7,9,12-17,19,23H,4-5,8,10-11H2/t23-/m1/s1. The molecule has 0 amide bonds. The summed E-state index contributed by atoms with van der Waals surface area (Å²) in [4.78, 5) is 0. The van der Waals surface area contributed by atoms with Crippen molar-refractivity contribution in [2.24, 2.45) is 5.92 Å². The molecule has 0 unspecified atom stereocenters. The number of para-hydroxylation sites is 1. The summed E-state index contributed by atoms with van der Waals surface area (Å²) in [6, 6.07) is 22.8. The van der Waals surface area contributed by atoms with Crippen molar-refractivity contribution in [2.45, 2.75) is 38.0 Å². The first kappa shape index (κ1) is 19.0. The maximum Gasteiger partial charge on any atom is 0.165 e. The molecule has 1 fully saturated rings. The smallest absolute Gasteiger partial charge is 0.165 e. The van der Waals surface area contributed by atoms with Crippen LogP contribution in [0.1, 0.15) is 42.7 Å². The Bertz CT molecular complexity index is 904. The fraction of sp³-hybridized carbons (Fsp3) is 0.280. The number of hydrogen-bond acceptors (Lipinski definition) is 1. The van der Waals surface area contributed by atoms with Gasteiger partial charge >= 0.3 is 0 Å². The second-order valence-electron chi connectivity index (χ2n) is 7.57. The Morgan fingerprint density at radius 1 is 0.964 bits per heavy atom. The summed E-state index contributed by atoms with van der Waals surface area (Å²) in [7, 11) is 0. The third kappa shape index (κ3) is 4.94. The zero-order valence-corrected chi connectivity index (χ0v) is 16.5. The van der Waals surface area contributed by atoms with Crippen molar-refractivity contribution in [3.05, 3.63) is 94.8 Å². The van der Waals surface area contributed by atoms with Crippen molar-refractivity contribution in [3.8, 4) is 11.5 Å². The highest BCUT2D eigenvalue weighted by Crippen LogP contribution is 2.45. The van der Waals surface area contributed by atoms with Crippen LogP contribution in [-0.4, -0.2) is 0 Å². The van der Waals surface area contributed by atoms with Gasteiger partial charge in [-0.15, -0.1) is 0 Å². The molecule has 0 saturated heterocycles. The molecule has 3 aromatic rings. The molecule has 0 aromatic heterocycles. The van der Waals surface area contributed by atoms with E-state index in [1.807, 2.05) is 54.6 Å². The summed E-state index contributed by atoms with van der Waals surface area (Å²) in [6.45, 7) is 0. The molecule has 0 heterocycles. The van der Waals surface area contributed by atoms with Gasteiger partial charge in [-0.3, -0.25) is 0 Å². The monoisotopic (exact) mass is 394 g/mol. The predicted octanol–water partition coefficient (Wildman–Crippen LogP) is 7.79. The van der Waals surface area contributed by atoms with E-state index < -0.39 is 0 Å². The number of benzene rings is 3. The summed E-state index contributed by atoms with van der Waals surface area (Å²) in [5, 5.41) is 0.788. The zero-order chi connectivity index (χ0) is 19.3. The van der Waals surface area contributed by atoms with E-state index in [1.165, 1.54) is 24.5 Å². The van der Waals surface area contributed by atoms with Crippen LogP contribution in [0, 0.1) is 11.7 Å². The van der Waals surface area contributed by atoms with Gasteiger partial charge in [-0.25, -0.2) is 4.39 Å². The van der Waals surface area contributed by atoms with Crippen molar-refractivity contribution in [1.82, 2.24) is 0 Å². The molecule has 1 atom stereocenters. The first-order valence-corrected chi connectivity index (χ1v) is 10.3. The number of aryl methyl sites for hydroxylation is 1. The number of rotatable bonds is 8. The van der Waals surface area contributed by atoms with Crippen molar-refractivity contribution in [3.63, 3.8) is 0 Å². The second-order valence-corrected chi connectivity index (χ2v) is 8.00. The normalized spacial score (nSPS) is 14.6. The fourth-order valence-electron chi connectivity index (χ4n) is 3.81. The molecule has 3 heteroatoms. The minimum absolute atomic E-state index is 0.292. The number of ether oxygens (including phenoxy) is 1. The Hall–Kier alpha value is -2.32. The molecule has 144 valence electrons. The Morgan fingerprint density at radius 3 is 2.43 bits per heavy atom. The van der Waals surface area contributed by atoms with Gasteiger partial charge in [0.05, 0.1) is 0 Å². The first-order valence-electron chi connectivity index (χ1n) is 9.96. The van der Waals surface area contributed by atoms with E-state index in [0.29, 0.717) is 17.4 Å². The van der Waals surface area contributed by atoms with Gasteiger partial charge < -0.3 is 4.74 Å². The van der Waals surface area contributed by atoms with Crippen molar-refractivity contribution in [2.75, 3.05) is 0 Å². The molecule has 0 spiro atoms. The van der Waals surface area contributed by atoms with E-state index in [2.05, 4.69) is 12.1 Å². The number of halogens is 2. The Morgan fingerprint density at radius 2 is 1.71 bits per heavy atom. The first-order chi connectivity index (χ1) is 13.7. The quantitative estimate of drug-likeness (QED) is 0.379. The van der Waals surface area contributed by atoms with Gasteiger partial charge in [0.1, 0.15) is 5.75 Å². The minimum atomic E-state index is -0.329. The molecule has 4 rings (SSSR count). The van der Waals surface area contributed by atoms with Gasteiger partial charge in [-0.1, -0.05) is 48.0 Å². The van der Waals surface area contributed by atoms with Crippen molar-refractivity contribution in [1.29, 1.82) is 0 Å². The maximum absolute atomic E-state index is 14.1. The van der Waals surface area contributed by atoms with Crippen LogP contribution in [0.2, 0.25) is 5.02 Å². The van der Waals surface area contributed by atoms with E-state index in [1.54, 1.807) is 0 Å². The second kappa shape index (κ2) is 8.79. The lowest BCUT2D eigenvalue weighted by atomic mass is 9.88. The average molecular weight is 395 g/mol. The predicted molar refractivity (Wildman–Crippen MR) is 113 cm³/mol. The highest BCUT2D eigenvalue weighted by Gasteiger charge is 2.31. The van der Waals surface area contributed by atoms with E-state index in [9.17, 15) is 4.39 Å². The van der Waals surface area contributed by atoms with Crippen LogP contribution < -0.4 is 4.74 Å². The van der Waals surface area contributed by atoms with Crippen molar-refractivity contribution >= 4 is 11.6 Å². The van der Waals surface area contributed by atoms with Crippen LogP contribution in [0.15, 0.2) is 72.8 Å². The van der Waals surface area contributed by atoms with Gasteiger partial charge in [0, 0.05) is 5.02 Å². The molecule has 28 heavy (non-hydrogen) atoms. The number of hydrogen-bond donors (Lipinski definition) is 0. The summed E-state index contributed by atoms with van der Waals surface area (Å²) in [5.41, 5.74) is 2.50. The minimum Gasteiger partial charge on any atom is -0.454 e. The topological polar surface area (TPSA) is 9.23 Å². The summed E-state index contributed by atoms with van der Waals surface area (Å²) in [6.07, 6.45) is 5.76. The third-order valence-corrected chi connectivity index (χ3v) is 5.69. The fourth-order valence-corrected chi connectivity index (χ4v) is 3.93. The van der Waals surface area contributed by atoms with Gasteiger partial charge in [0.15, 0.2) is 11.6 Å². The van der Waals surface area contributed by atoms with Crippen LogP contribution >= 0.6 is 11.6 Å². The summed E-state index contributed by atoms with van der Waals surface area (Å²) < 4.78 is 19.9. The maximum atomic E-state index is 14.1. The van der Waals surface area contributed by atoms with Crippen LogP contribution in [-0.2, 0) is 6.42 Å². The lowest BCUT2D eigenvalue weighted by Gasteiger charge is -2.17. The Labute approximate surface area is 171 Å². The van der Waals surface area contributed by atoms with E-state index in [-0.39, 0.29) is 5.82 Å². The van der Waals surface area contributed by atoms with Crippen LogP contribution in [0.3, 0.4) is 0 Å². The summed E-state index contributed by atoms with van der Waals surface area (Å²) >= 11 is 6.04. The zero-order valence-electron chi connectivity index (χ0n) is 15.8. The lowest BCUT2D eigenvalue weighted by molar-refractivity contribution is 0.441. The average Bonchev–Trinajstić information content (AvgIpc) is 3.54. The van der Waals surface area contributed by atoms with Gasteiger partial charge in [0.25, 0.3) is 0 Å². The van der Waals surface area contributed by atoms with E-state index in [4.69, 9.17) is 16.3 Å². The molecule has 1 saturated carbocycles. The SMILES string of the molecule is Fc1ccc(CCC[C@@H](c2ccc(Cl)cc2)C2CC2)cc1Oc1ccccc1. The molecular weight excluding hydrogens is 371 g/mol. The molecule has 1 aliphatic carbocycles. The summed E-state index contributed by atoms with van der Waals surface area (Å²) in [5.74, 6) is 2.00. The molecule has 1 aliphatic rings. The van der Waals surface area contributed by atoms with E-state index >= 15 is 0 Å². The highest BCUT2D eigenvalue weighted by atomic mass is 35.5. The molecule has 0 N–H and O–H groups in total. The highest BCUT2D eigenvalue weighted by molar-refractivity contribution is 6.30. The van der Waals surface area contributed by atoms with Gasteiger partial charge in [0.2, 0.25) is 0 Å². The van der Waals surface area contributed by atoms with Crippen molar-refractivity contribution < 1.29 is 9.13 Å². The Balaban J connectivity index is 1.39. The van der Waals surface area contributed by atoms with Crippen LogP contribution in [0.25, 0.3) is 0 Å². The molecule has 0 aliphatic heterocycles. The van der Waals surface area contributed by atoms with Gasteiger partial charge in [-0.2, -0.15) is 0 Å². The van der Waals surface area contributed by atoms with E-state index in [0.717, 1.165) is 35.8 Å². The largest absolute Gasteiger partial charge is 0.454 e. The molecule has 1 nitrogen and oxygen atoms in total. The van der Waals surface area contributed by atoms with Crippen LogP contribution in [0.5, 0.6) is 11.5 Å². The third-order valence-electron chi connectivity index (χ3n) is 5.44. The lowest BCUT2D eigenvalue weighted by Crippen LogP contribution is -2.02. The van der Waals surface area contributed by atoms with Crippen LogP contribution in [0.4, 0.5) is 4.39 Å².